The van der Waals surface area contributed by atoms with Crippen LogP contribution >= 0.6 is 0 Å². The van der Waals surface area contributed by atoms with E-state index in [0.717, 1.165) is 11.1 Å². The summed E-state index contributed by atoms with van der Waals surface area (Å²) in [6.07, 6.45) is -0.642. The van der Waals surface area contributed by atoms with Gasteiger partial charge in [-0.2, -0.15) is 0 Å². The van der Waals surface area contributed by atoms with Crippen LogP contribution in [0, 0.1) is 0 Å². The van der Waals surface area contributed by atoms with Crippen molar-refractivity contribution in [1.82, 2.24) is 0 Å². The van der Waals surface area contributed by atoms with E-state index in [1.807, 2.05) is 24.3 Å². The Morgan fingerprint density at radius 2 is 1.59 bits per heavy atom. The second-order valence-corrected chi connectivity index (χ2v) is 6.30. The van der Waals surface area contributed by atoms with Gasteiger partial charge in [0.15, 0.2) is 0 Å². The fourth-order valence-electron chi connectivity index (χ4n) is 3.55. The molecule has 1 aliphatic rings. The van der Waals surface area contributed by atoms with Gasteiger partial charge in [-0.05, 0) is 34.4 Å². The molecule has 0 bridgehead atoms. The Bertz CT molecular complexity index is 954. The van der Waals surface area contributed by atoms with Crippen molar-refractivity contribution < 1.29 is 19.4 Å². The van der Waals surface area contributed by atoms with Crippen molar-refractivity contribution in [1.29, 1.82) is 0 Å². The van der Waals surface area contributed by atoms with Crippen LogP contribution in [0.3, 0.4) is 0 Å². The Morgan fingerprint density at radius 3 is 2.22 bits per heavy atom. The van der Waals surface area contributed by atoms with Gasteiger partial charge in [0.1, 0.15) is 23.8 Å². The molecule has 5 nitrogen and oxygen atoms in total. The third-order valence-electron chi connectivity index (χ3n) is 4.79. The number of carbonyl (C=O) groups is 1. The number of ether oxygens (including phenoxy) is 2. The van der Waals surface area contributed by atoms with Gasteiger partial charge in [0, 0.05) is 5.92 Å². The maximum atomic E-state index is 12.3. The molecule has 1 aliphatic carbocycles. The highest BCUT2D eigenvalue weighted by Gasteiger charge is 2.29. The highest BCUT2D eigenvalue weighted by Crippen LogP contribution is 2.44. The number of nitrogens with one attached hydrogen (secondary N) is 1. The first-order chi connectivity index (χ1) is 13.2. The van der Waals surface area contributed by atoms with Crippen LogP contribution in [-0.4, -0.2) is 24.9 Å². The number of amides is 1. The van der Waals surface area contributed by atoms with E-state index in [1.165, 1.54) is 24.3 Å². The van der Waals surface area contributed by atoms with Gasteiger partial charge in [-0.1, -0.05) is 54.6 Å². The van der Waals surface area contributed by atoms with Gasteiger partial charge in [-0.25, -0.2) is 4.79 Å². The van der Waals surface area contributed by atoms with Gasteiger partial charge in [0.05, 0.1) is 7.11 Å². The summed E-state index contributed by atoms with van der Waals surface area (Å²) in [6, 6.07) is 21.1. The normalized spacial score (nSPS) is 12.2. The summed E-state index contributed by atoms with van der Waals surface area (Å²) < 4.78 is 10.6. The average molecular weight is 361 g/mol. The number of anilines is 1. The number of rotatable bonds is 4. The van der Waals surface area contributed by atoms with Crippen molar-refractivity contribution in [3.63, 3.8) is 0 Å². The summed E-state index contributed by atoms with van der Waals surface area (Å²) in [5.41, 5.74) is 4.82. The minimum absolute atomic E-state index is 0.0191. The molecular weight excluding hydrogens is 342 g/mol. The standard InChI is InChI=1S/C22H19NO4/c1-26-20-12-6-11-19(24)21(20)23-22(25)27-13-18-16-9-4-2-7-14(16)15-8-3-5-10-17(15)18/h2-12,18,24H,13H2,1H3,(H,23,25). The largest absolute Gasteiger partial charge is 0.506 e. The summed E-state index contributed by atoms with van der Waals surface area (Å²) in [5.74, 6) is 0.265. The molecule has 0 saturated carbocycles. The highest BCUT2D eigenvalue weighted by atomic mass is 16.5. The number of phenolic OH excluding ortho intramolecular Hbond substituents is 1. The van der Waals surface area contributed by atoms with E-state index in [4.69, 9.17) is 9.47 Å². The zero-order chi connectivity index (χ0) is 18.8. The molecule has 0 aromatic heterocycles. The topological polar surface area (TPSA) is 67.8 Å². The SMILES string of the molecule is COc1cccc(O)c1NC(=O)OCC1c2ccccc2-c2ccccc21. The second kappa shape index (κ2) is 7.03. The van der Waals surface area contributed by atoms with Crippen LogP contribution in [0.25, 0.3) is 11.1 Å². The Hall–Kier alpha value is -3.47. The minimum atomic E-state index is -0.642. The molecule has 2 N–H and O–H groups in total. The smallest absolute Gasteiger partial charge is 0.411 e. The molecule has 0 radical (unpaired) electrons. The number of carbonyl (C=O) groups excluding carboxylic acids is 1. The second-order valence-electron chi connectivity index (χ2n) is 6.30. The monoisotopic (exact) mass is 361 g/mol. The van der Waals surface area contributed by atoms with E-state index >= 15 is 0 Å². The quantitative estimate of drug-likeness (QED) is 0.657. The molecule has 136 valence electrons. The lowest BCUT2D eigenvalue weighted by Gasteiger charge is -2.16. The van der Waals surface area contributed by atoms with Crippen molar-refractivity contribution in [2.75, 3.05) is 19.0 Å². The van der Waals surface area contributed by atoms with Crippen LogP contribution in [0.1, 0.15) is 17.0 Å². The molecule has 0 spiro atoms. The van der Waals surface area contributed by atoms with Crippen LogP contribution in [0.4, 0.5) is 10.5 Å². The number of hydrogen-bond donors (Lipinski definition) is 2. The molecule has 0 aliphatic heterocycles. The fourth-order valence-corrected chi connectivity index (χ4v) is 3.55. The predicted molar refractivity (Wildman–Crippen MR) is 103 cm³/mol. The van der Waals surface area contributed by atoms with Crippen molar-refractivity contribution in [2.45, 2.75) is 5.92 Å². The summed E-state index contributed by atoms with van der Waals surface area (Å²) in [7, 11) is 1.47. The van der Waals surface area contributed by atoms with E-state index in [-0.39, 0.29) is 24.0 Å². The van der Waals surface area contributed by atoms with Crippen molar-refractivity contribution >= 4 is 11.8 Å². The van der Waals surface area contributed by atoms with E-state index in [2.05, 4.69) is 29.6 Å². The molecule has 0 heterocycles. The number of hydrogen-bond acceptors (Lipinski definition) is 4. The summed E-state index contributed by atoms with van der Waals surface area (Å²) >= 11 is 0. The number of phenols is 1. The van der Waals surface area contributed by atoms with Crippen LogP contribution in [-0.2, 0) is 4.74 Å². The molecule has 1 amide bonds. The molecule has 0 atom stereocenters. The number of methoxy groups -OCH3 is 1. The maximum Gasteiger partial charge on any atom is 0.411 e. The van der Waals surface area contributed by atoms with Gasteiger partial charge >= 0.3 is 6.09 Å². The minimum Gasteiger partial charge on any atom is -0.506 e. The summed E-state index contributed by atoms with van der Waals surface area (Å²) in [4.78, 5) is 12.3. The summed E-state index contributed by atoms with van der Waals surface area (Å²) in [6.45, 7) is 0.204. The lowest BCUT2D eigenvalue weighted by Crippen LogP contribution is -2.18. The number of para-hydroxylation sites is 1. The van der Waals surface area contributed by atoms with Crippen LogP contribution in [0.5, 0.6) is 11.5 Å². The van der Waals surface area contributed by atoms with Crippen molar-refractivity contribution in [3.8, 4) is 22.6 Å². The molecule has 3 aromatic rings. The first-order valence-electron chi connectivity index (χ1n) is 8.67. The van der Waals surface area contributed by atoms with Crippen LogP contribution < -0.4 is 10.1 Å². The molecule has 0 saturated heterocycles. The maximum absolute atomic E-state index is 12.3. The molecular formula is C22H19NO4. The molecule has 27 heavy (non-hydrogen) atoms. The van der Waals surface area contributed by atoms with Crippen molar-refractivity contribution in [2.24, 2.45) is 0 Å². The Morgan fingerprint density at radius 1 is 0.963 bits per heavy atom. The lowest BCUT2D eigenvalue weighted by molar-refractivity contribution is 0.158. The number of aromatic hydroxyl groups is 1. The van der Waals surface area contributed by atoms with E-state index < -0.39 is 6.09 Å². The first kappa shape index (κ1) is 17.0. The Labute approximate surface area is 157 Å². The van der Waals surface area contributed by atoms with Gasteiger partial charge < -0.3 is 14.6 Å². The molecule has 4 rings (SSSR count). The van der Waals surface area contributed by atoms with Gasteiger partial charge in [-0.15, -0.1) is 0 Å². The van der Waals surface area contributed by atoms with Crippen LogP contribution in [0.2, 0.25) is 0 Å². The number of benzene rings is 3. The van der Waals surface area contributed by atoms with Crippen molar-refractivity contribution in [3.05, 3.63) is 77.9 Å². The zero-order valence-corrected chi connectivity index (χ0v) is 14.8. The third-order valence-corrected chi connectivity index (χ3v) is 4.79. The molecule has 3 aromatic carbocycles. The van der Waals surface area contributed by atoms with Gasteiger partial charge in [0.25, 0.3) is 0 Å². The van der Waals surface area contributed by atoms with Gasteiger partial charge in [-0.3, -0.25) is 5.32 Å². The summed E-state index contributed by atoms with van der Waals surface area (Å²) in [5, 5.41) is 12.5. The van der Waals surface area contributed by atoms with E-state index in [0.29, 0.717) is 5.75 Å². The van der Waals surface area contributed by atoms with Crippen LogP contribution in [0.15, 0.2) is 66.7 Å². The zero-order valence-electron chi connectivity index (χ0n) is 14.8. The predicted octanol–water partition coefficient (Wildman–Crippen LogP) is 4.76. The van der Waals surface area contributed by atoms with E-state index in [9.17, 15) is 9.90 Å². The molecule has 0 unspecified atom stereocenters. The third kappa shape index (κ3) is 3.08. The lowest BCUT2D eigenvalue weighted by atomic mass is 9.98. The molecule has 0 fully saturated rings. The Kier molecular flexibility index (Phi) is 4.42. The number of fused-ring (bicyclic) bond motifs is 3. The van der Waals surface area contributed by atoms with Gasteiger partial charge in [0.2, 0.25) is 0 Å². The molecule has 5 heteroatoms. The van der Waals surface area contributed by atoms with E-state index in [1.54, 1.807) is 12.1 Å². The fraction of sp³-hybridized carbons (Fsp3) is 0.136. The highest BCUT2D eigenvalue weighted by molar-refractivity contribution is 5.89. The Balaban J connectivity index is 1.52. The first-order valence-corrected chi connectivity index (χ1v) is 8.67. The average Bonchev–Trinajstić information content (AvgIpc) is 3.02.